The van der Waals surface area contributed by atoms with Gasteiger partial charge in [0.15, 0.2) is 0 Å². The lowest BCUT2D eigenvalue weighted by molar-refractivity contribution is 0.306. The summed E-state index contributed by atoms with van der Waals surface area (Å²) in [4.78, 5) is 0. The van der Waals surface area contributed by atoms with Gasteiger partial charge in [-0.1, -0.05) is 54.6 Å². The van der Waals surface area contributed by atoms with Crippen molar-refractivity contribution in [3.8, 4) is 16.9 Å². The van der Waals surface area contributed by atoms with Crippen LogP contribution in [0.4, 0.5) is 8.78 Å². The summed E-state index contributed by atoms with van der Waals surface area (Å²) < 4.78 is 34.5. The summed E-state index contributed by atoms with van der Waals surface area (Å²) in [5.74, 6) is -0.686. The van der Waals surface area contributed by atoms with Gasteiger partial charge < -0.3 is 4.74 Å². The van der Waals surface area contributed by atoms with Gasteiger partial charge in [0.1, 0.15) is 24.0 Å². The molecule has 4 aromatic rings. The Balaban J connectivity index is 1.87. The molecule has 0 amide bonds. The van der Waals surface area contributed by atoms with Gasteiger partial charge in [0, 0.05) is 11.6 Å². The first-order chi connectivity index (χ1) is 13.1. The average molecular weight is 425 g/mol. The van der Waals surface area contributed by atoms with Gasteiger partial charge in [-0.2, -0.15) is 0 Å². The van der Waals surface area contributed by atoms with Crippen molar-refractivity contribution in [2.45, 2.75) is 6.61 Å². The van der Waals surface area contributed by atoms with E-state index in [9.17, 15) is 8.78 Å². The van der Waals surface area contributed by atoms with Crippen LogP contribution in [0, 0.1) is 11.6 Å². The molecule has 134 valence electrons. The Morgan fingerprint density at radius 1 is 0.778 bits per heavy atom. The molecule has 0 fully saturated rings. The van der Waals surface area contributed by atoms with E-state index in [-0.39, 0.29) is 0 Å². The molecule has 0 saturated carbocycles. The maximum atomic E-state index is 13.8. The smallest absolute Gasteiger partial charge is 0.142 e. The van der Waals surface area contributed by atoms with Crippen molar-refractivity contribution in [1.29, 1.82) is 0 Å². The summed E-state index contributed by atoms with van der Waals surface area (Å²) in [6, 6.07) is 23.0. The predicted octanol–water partition coefficient (Wildman–Crippen LogP) is 7.13. The van der Waals surface area contributed by atoms with E-state index in [1.165, 1.54) is 12.1 Å². The summed E-state index contributed by atoms with van der Waals surface area (Å²) in [6.45, 7) is 0.350. The quantitative estimate of drug-likeness (QED) is 0.338. The Kier molecular flexibility index (Phi) is 4.90. The molecule has 0 aromatic heterocycles. The monoisotopic (exact) mass is 424 g/mol. The molecule has 0 N–H and O–H groups in total. The zero-order valence-corrected chi connectivity index (χ0v) is 15.8. The number of hydrogen-bond acceptors (Lipinski definition) is 1. The van der Waals surface area contributed by atoms with Gasteiger partial charge in [-0.05, 0) is 56.0 Å². The molecule has 0 heterocycles. The van der Waals surface area contributed by atoms with Crippen molar-refractivity contribution in [1.82, 2.24) is 0 Å². The standard InChI is InChI=1S/C23H15BrF2O/c24-22-20-9-5-4-8-16(20)12-21(17-10-18(25)13-19(26)11-17)23(22)27-14-15-6-2-1-3-7-15/h1-13H,14H2. The van der Waals surface area contributed by atoms with Gasteiger partial charge in [0.05, 0.1) is 4.47 Å². The van der Waals surface area contributed by atoms with Gasteiger partial charge in [-0.25, -0.2) is 8.78 Å². The van der Waals surface area contributed by atoms with Gasteiger partial charge >= 0.3 is 0 Å². The lowest BCUT2D eigenvalue weighted by Gasteiger charge is -2.16. The minimum absolute atomic E-state index is 0.350. The third kappa shape index (κ3) is 3.71. The highest BCUT2D eigenvalue weighted by Gasteiger charge is 2.16. The molecule has 0 atom stereocenters. The third-order valence-corrected chi connectivity index (χ3v) is 5.13. The second kappa shape index (κ2) is 7.49. The summed E-state index contributed by atoms with van der Waals surface area (Å²) in [5, 5.41) is 1.93. The van der Waals surface area contributed by atoms with Gasteiger partial charge in [-0.3, -0.25) is 0 Å². The van der Waals surface area contributed by atoms with E-state index in [2.05, 4.69) is 15.9 Å². The van der Waals surface area contributed by atoms with Crippen LogP contribution < -0.4 is 4.74 Å². The first-order valence-corrected chi connectivity index (χ1v) is 9.25. The van der Waals surface area contributed by atoms with Crippen LogP contribution in [0.25, 0.3) is 21.9 Å². The zero-order valence-electron chi connectivity index (χ0n) is 14.3. The molecule has 0 aliphatic heterocycles. The summed E-state index contributed by atoms with van der Waals surface area (Å²) in [5.41, 5.74) is 2.07. The number of rotatable bonds is 4. The van der Waals surface area contributed by atoms with E-state index in [1.807, 2.05) is 60.7 Å². The van der Waals surface area contributed by atoms with Gasteiger partial charge in [0.2, 0.25) is 0 Å². The predicted molar refractivity (Wildman–Crippen MR) is 108 cm³/mol. The SMILES string of the molecule is Fc1cc(F)cc(-c2cc3ccccc3c(Br)c2OCc2ccccc2)c1. The lowest BCUT2D eigenvalue weighted by atomic mass is 9.99. The molecule has 0 aliphatic carbocycles. The van der Waals surface area contributed by atoms with Crippen LogP contribution in [-0.4, -0.2) is 0 Å². The first-order valence-electron chi connectivity index (χ1n) is 8.46. The molecule has 27 heavy (non-hydrogen) atoms. The number of hydrogen-bond donors (Lipinski definition) is 0. The lowest BCUT2D eigenvalue weighted by Crippen LogP contribution is -1.99. The molecule has 0 unspecified atom stereocenters. The average Bonchev–Trinajstić information content (AvgIpc) is 2.67. The number of fused-ring (bicyclic) bond motifs is 1. The van der Waals surface area contributed by atoms with Crippen LogP contribution in [0.3, 0.4) is 0 Å². The van der Waals surface area contributed by atoms with Crippen molar-refractivity contribution >= 4 is 26.7 Å². The Labute approximate surface area is 164 Å². The molecule has 0 spiro atoms. The Morgan fingerprint density at radius 2 is 1.44 bits per heavy atom. The molecule has 0 bridgehead atoms. The molecule has 0 saturated heterocycles. The number of ether oxygens (including phenoxy) is 1. The topological polar surface area (TPSA) is 9.23 Å². The minimum Gasteiger partial charge on any atom is -0.487 e. The molecule has 1 nitrogen and oxygen atoms in total. The maximum Gasteiger partial charge on any atom is 0.142 e. The first kappa shape index (κ1) is 17.7. The van der Waals surface area contributed by atoms with E-state index in [0.29, 0.717) is 23.5 Å². The fraction of sp³-hybridized carbons (Fsp3) is 0.0435. The largest absolute Gasteiger partial charge is 0.487 e. The third-order valence-electron chi connectivity index (χ3n) is 4.34. The van der Waals surface area contributed by atoms with E-state index in [0.717, 1.165) is 26.9 Å². The van der Waals surface area contributed by atoms with Gasteiger partial charge in [0.25, 0.3) is 0 Å². The molecule has 0 aliphatic rings. The summed E-state index contributed by atoms with van der Waals surface area (Å²) in [6.07, 6.45) is 0. The Hall–Kier alpha value is -2.72. The highest BCUT2D eigenvalue weighted by molar-refractivity contribution is 9.10. The molecular weight excluding hydrogens is 410 g/mol. The van der Waals surface area contributed by atoms with E-state index < -0.39 is 11.6 Å². The maximum absolute atomic E-state index is 13.8. The van der Waals surface area contributed by atoms with E-state index >= 15 is 0 Å². The summed E-state index contributed by atoms with van der Waals surface area (Å²) in [7, 11) is 0. The molecule has 4 aromatic carbocycles. The Bertz CT molecular complexity index is 1090. The fourth-order valence-corrected chi connectivity index (χ4v) is 3.77. The van der Waals surface area contributed by atoms with Crippen molar-refractivity contribution in [2.75, 3.05) is 0 Å². The molecular formula is C23H15BrF2O. The number of benzene rings is 4. The number of halogens is 3. The van der Waals surface area contributed by atoms with Gasteiger partial charge in [-0.15, -0.1) is 0 Å². The molecule has 4 rings (SSSR count). The van der Waals surface area contributed by atoms with Crippen LogP contribution >= 0.6 is 15.9 Å². The molecule has 4 heteroatoms. The van der Waals surface area contributed by atoms with Crippen LogP contribution in [0.1, 0.15) is 5.56 Å². The Morgan fingerprint density at radius 3 is 2.19 bits per heavy atom. The van der Waals surface area contributed by atoms with E-state index in [4.69, 9.17) is 4.74 Å². The van der Waals surface area contributed by atoms with Crippen LogP contribution in [-0.2, 0) is 6.61 Å². The zero-order chi connectivity index (χ0) is 18.8. The minimum atomic E-state index is -0.622. The highest BCUT2D eigenvalue weighted by atomic mass is 79.9. The van der Waals surface area contributed by atoms with Crippen molar-refractivity contribution in [3.63, 3.8) is 0 Å². The molecule has 0 radical (unpaired) electrons. The van der Waals surface area contributed by atoms with E-state index in [1.54, 1.807) is 0 Å². The second-order valence-corrected chi connectivity index (χ2v) is 7.01. The van der Waals surface area contributed by atoms with Crippen molar-refractivity contribution in [3.05, 3.63) is 101 Å². The summed E-state index contributed by atoms with van der Waals surface area (Å²) >= 11 is 3.63. The fourth-order valence-electron chi connectivity index (χ4n) is 3.08. The second-order valence-electron chi connectivity index (χ2n) is 6.22. The van der Waals surface area contributed by atoms with Crippen LogP contribution in [0.2, 0.25) is 0 Å². The van der Waals surface area contributed by atoms with Crippen molar-refractivity contribution < 1.29 is 13.5 Å². The van der Waals surface area contributed by atoms with Crippen LogP contribution in [0.5, 0.6) is 5.75 Å². The highest BCUT2D eigenvalue weighted by Crippen LogP contribution is 2.42. The van der Waals surface area contributed by atoms with Crippen LogP contribution in [0.15, 0.2) is 83.3 Å². The normalized spacial score (nSPS) is 10.9. The van der Waals surface area contributed by atoms with Crippen molar-refractivity contribution in [2.24, 2.45) is 0 Å².